The number of hydrogen-bond acceptors (Lipinski definition) is 5. The maximum Gasteiger partial charge on any atom is 0.243 e. The number of sulfonamides is 1. The van der Waals surface area contributed by atoms with Crippen molar-refractivity contribution in [3.05, 3.63) is 77.9 Å². The van der Waals surface area contributed by atoms with Crippen LogP contribution in [-0.2, 0) is 16.6 Å². The van der Waals surface area contributed by atoms with Gasteiger partial charge >= 0.3 is 0 Å². The molecule has 4 rings (SSSR count). The van der Waals surface area contributed by atoms with Crippen LogP contribution < -0.4 is 0 Å². The van der Waals surface area contributed by atoms with Crippen LogP contribution in [0.2, 0.25) is 0 Å². The van der Waals surface area contributed by atoms with Gasteiger partial charge in [0.25, 0.3) is 0 Å². The fraction of sp³-hybridized carbons (Fsp3) is 0.333. The molecular formula is C21H25N5O2S. The Bertz CT molecular complexity index is 1040. The minimum Gasteiger partial charge on any atom is -0.288 e. The smallest absolute Gasteiger partial charge is 0.243 e. The first-order valence-corrected chi connectivity index (χ1v) is 11.2. The summed E-state index contributed by atoms with van der Waals surface area (Å²) in [5, 5.41) is 7.26. The van der Waals surface area contributed by atoms with Crippen LogP contribution in [0.15, 0.2) is 65.6 Å². The number of nitrogens with one attached hydrogen (secondary N) is 1. The van der Waals surface area contributed by atoms with Gasteiger partial charge in [-0.15, -0.1) is 0 Å². The van der Waals surface area contributed by atoms with E-state index in [0.29, 0.717) is 23.8 Å². The second kappa shape index (κ2) is 8.44. The first-order valence-electron chi connectivity index (χ1n) is 9.76. The molecule has 2 aromatic carbocycles. The molecule has 1 aliphatic rings. The number of H-pyrrole nitrogens is 1. The van der Waals surface area contributed by atoms with Crippen LogP contribution in [0.4, 0.5) is 0 Å². The van der Waals surface area contributed by atoms with Gasteiger partial charge < -0.3 is 0 Å². The van der Waals surface area contributed by atoms with Gasteiger partial charge in [0.1, 0.15) is 5.82 Å². The first-order chi connectivity index (χ1) is 14.0. The maximum absolute atomic E-state index is 13.2. The lowest BCUT2D eigenvalue weighted by atomic mass is 10.1. The molecule has 7 nitrogen and oxygen atoms in total. The second-order valence-electron chi connectivity index (χ2n) is 7.28. The van der Waals surface area contributed by atoms with Crippen LogP contribution in [0.25, 0.3) is 0 Å². The molecule has 0 spiro atoms. The highest BCUT2D eigenvalue weighted by Crippen LogP contribution is 2.28. The zero-order valence-electron chi connectivity index (χ0n) is 16.4. The fourth-order valence-electron chi connectivity index (χ4n) is 3.73. The molecule has 1 saturated heterocycles. The Morgan fingerprint density at radius 2 is 1.72 bits per heavy atom. The summed E-state index contributed by atoms with van der Waals surface area (Å²) >= 11 is 0. The maximum atomic E-state index is 13.2. The summed E-state index contributed by atoms with van der Waals surface area (Å²) in [4.78, 5) is 7.12. The van der Waals surface area contributed by atoms with Crippen molar-refractivity contribution >= 4 is 10.0 Å². The Morgan fingerprint density at radius 1 is 1.03 bits per heavy atom. The normalized spacial score (nSPS) is 19.1. The van der Waals surface area contributed by atoms with E-state index in [1.54, 1.807) is 28.6 Å². The van der Waals surface area contributed by atoms with Gasteiger partial charge in [0, 0.05) is 26.2 Å². The Kier molecular flexibility index (Phi) is 5.75. The van der Waals surface area contributed by atoms with Crippen molar-refractivity contribution in [1.82, 2.24) is 24.4 Å². The lowest BCUT2D eigenvalue weighted by molar-refractivity contribution is 0.184. The SMILES string of the molecule is Cc1nc(C2CN(S(=O)(=O)c3ccccc3)CCCN2Cc2ccccc2)n[nH]1. The van der Waals surface area contributed by atoms with Crippen molar-refractivity contribution in [3.63, 3.8) is 0 Å². The Morgan fingerprint density at radius 3 is 2.38 bits per heavy atom. The molecule has 0 bridgehead atoms. The molecule has 1 N–H and O–H groups in total. The summed E-state index contributed by atoms with van der Waals surface area (Å²) in [6.07, 6.45) is 0.749. The van der Waals surface area contributed by atoms with E-state index in [2.05, 4.69) is 32.2 Å². The monoisotopic (exact) mass is 411 g/mol. The number of aryl methyl sites for hydroxylation is 1. The molecule has 152 valence electrons. The van der Waals surface area contributed by atoms with E-state index in [-0.39, 0.29) is 6.04 Å². The van der Waals surface area contributed by atoms with Gasteiger partial charge in [0.2, 0.25) is 10.0 Å². The number of benzene rings is 2. The Hall–Kier alpha value is -2.55. The van der Waals surface area contributed by atoms with Crippen LogP contribution in [0.5, 0.6) is 0 Å². The first kappa shape index (κ1) is 19.8. The van der Waals surface area contributed by atoms with Crippen molar-refractivity contribution in [1.29, 1.82) is 0 Å². The number of nitrogens with zero attached hydrogens (tertiary/aromatic N) is 4. The van der Waals surface area contributed by atoms with Gasteiger partial charge in [0.05, 0.1) is 10.9 Å². The average molecular weight is 412 g/mol. The highest BCUT2D eigenvalue weighted by atomic mass is 32.2. The van der Waals surface area contributed by atoms with E-state index in [0.717, 1.165) is 25.3 Å². The molecule has 1 unspecified atom stereocenters. The van der Waals surface area contributed by atoms with Crippen molar-refractivity contribution in [2.75, 3.05) is 19.6 Å². The fourth-order valence-corrected chi connectivity index (χ4v) is 5.23. The molecule has 1 fully saturated rings. The topological polar surface area (TPSA) is 82.2 Å². The van der Waals surface area contributed by atoms with E-state index in [1.807, 2.05) is 31.2 Å². The molecule has 3 aromatic rings. The van der Waals surface area contributed by atoms with Crippen molar-refractivity contribution in [2.45, 2.75) is 30.8 Å². The zero-order chi connectivity index (χ0) is 20.3. The molecule has 0 radical (unpaired) electrons. The largest absolute Gasteiger partial charge is 0.288 e. The van der Waals surface area contributed by atoms with Crippen molar-refractivity contribution in [3.8, 4) is 0 Å². The number of aromatic nitrogens is 3. The lowest BCUT2D eigenvalue weighted by Gasteiger charge is -2.29. The van der Waals surface area contributed by atoms with Crippen LogP contribution >= 0.6 is 0 Å². The standard InChI is InChI=1S/C21H25N5O2S/c1-17-22-21(24-23-17)20-16-26(29(27,28)19-11-6-3-7-12-19)14-8-13-25(20)15-18-9-4-2-5-10-18/h2-7,9-12,20H,8,13-16H2,1H3,(H,22,23,24). The van der Waals surface area contributed by atoms with Crippen LogP contribution in [0.3, 0.4) is 0 Å². The van der Waals surface area contributed by atoms with E-state index < -0.39 is 10.0 Å². The minimum atomic E-state index is -3.57. The number of hydrogen-bond donors (Lipinski definition) is 1. The third-order valence-electron chi connectivity index (χ3n) is 5.19. The molecule has 0 amide bonds. The summed E-state index contributed by atoms with van der Waals surface area (Å²) in [6, 6.07) is 18.6. The van der Waals surface area contributed by atoms with Gasteiger partial charge in [-0.25, -0.2) is 13.4 Å². The summed E-state index contributed by atoms with van der Waals surface area (Å²) in [7, 11) is -3.57. The molecule has 1 aliphatic heterocycles. The van der Waals surface area contributed by atoms with Gasteiger partial charge in [0.15, 0.2) is 5.82 Å². The number of rotatable bonds is 5. The molecule has 1 atom stereocenters. The highest BCUT2D eigenvalue weighted by molar-refractivity contribution is 7.89. The molecular weight excluding hydrogens is 386 g/mol. The zero-order valence-corrected chi connectivity index (χ0v) is 17.2. The Labute approximate surface area is 171 Å². The van der Waals surface area contributed by atoms with Crippen LogP contribution in [0.1, 0.15) is 29.7 Å². The predicted octanol–water partition coefficient (Wildman–Crippen LogP) is 2.75. The summed E-state index contributed by atoms with van der Waals surface area (Å²) in [6.45, 7) is 4.14. The average Bonchev–Trinajstić information content (AvgIpc) is 3.05. The quantitative estimate of drug-likeness (QED) is 0.698. The summed E-state index contributed by atoms with van der Waals surface area (Å²) in [5.41, 5.74) is 1.18. The molecule has 8 heteroatoms. The second-order valence-corrected chi connectivity index (χ2v) is 9.22. The van der Waals surface area contributed by atoms with Gasteiger partial charge in [-0.05, 0) is 31.0 Å². The highest BCUT2D eigenvalue weighted by Gasteiger charge is 2.34. The lowest BCUT2D eigenvalue weighted by Crippen LogP contribution is -2.38. The van der Waals surface area contributed by atoms with Gasteiger partial charge in [-0.3, -0.25) is 10.00 Å². The molecule has 0 aliphatic carbocycles. The molecule has 29 heavy (non-hydrogen) atoms. The Balaban J connectivity index is 1.65. The molecule has 1 aromatic heterocycles. The van der Waals surface area contributed by atoms with E-state index in [9.17, 15) is 8.42 Å². The minimum absolute atomic E-state index is 0.221. The van der Waals surface area contributed by atoms with Crippen LogP contribution in [-0.4, -0.2) is 52.4 Å². The molecule has 2 heterocycles. The van der Waals surface area contributed by atoms with Crippen molar-refractivity contribution in [2.24, 2.45) is 0 Å². The van der Waals surface area contributed by atoms with E-state index in [1.165, 1.54) is 5.56 Å². The van der Waals surface area contributed by atoms with Gasteiger partial charge in [-0.1, -0.05) is 48.5 Å². The summed E-state index contributed by atoms with van der Waals surface area (Å²) in [5.74, 6) is 1.36. The van der Waals surface area contributed by atoms with Gasteiger partial charge in [-0.2, -0.15) is 9.40 Å². The predicted molar refractivity (Wildman–Crippen MR) is 111 cm³/mol. The van der Waals surface area contributed by atoms with Crippen LogP contribution in [0, 0.1) is 6.92 Å². The third-order valence-corrected chi connectivity index (χ3v) is 7.07. The van der Waals surface area contributed by atoms with E-state index >= 15 is 0 Å². The third kappa shape index (κ3) is 4.39. The number of aromatic amines is 1. The van der Waals surface area contributed by atoms with Crippen molar-refractivity contribution < 1.29 is 8.42 Å². The summed E-state index contributed by atoms with van der Waals surface area (Å²) < 4.78 is 28.1. The van der Waals surface area contributed by atoms with E-state index in [4.69, 9.17) is 0 Å². The molecule has 0 saturated carbocycles.